The number of aliphatic imine (C=N–C) groups is 1. The van der Waals surface area contributed by atoms with Gasteiger partial charge < -0.3 is 25.0 Å². The van der Waals surface area contributed by atoms with Gasteiger partial charge in [-0.15, -0.1) is 24.0 Å². The smallest absolute Gasteiger partial charge is 0.243 e. The van der Waals surface area contributed by atoms with Gasteiger partial charge in [-0.25, -0.2) is 4.99 Å². The topological polar surface area (TPSA) is 75.2 Å². The Kier molecular flexibility index (Phi) is 12.0. The maximum Gasteiger partial charge on any atom is 0.243 e. The molecule has 0 bridgehead atoms. The van der Waals surface area contributed by atoms with Crippen molar-refractivity contribution in [2.24, 2.45) is 4.99 Å². The van der Waals surface area contributed by atoms with Crippen molar-refractivity contribution in [2.75, 3.05) is 54.6 Å². The van der Waals surface area contributed by atoms with Gasteiger partial charge in [0.25, 0.3) is 0 Å². The van der Waals surface area contributed by atoms with E-state index in [1.54, 1.807) is 28.3 Å². The third-order valence-corrected chi connectivity index (χ3v) is 4.02. The van der Waals surface area contributed by atoms with Gasteiger partial charge in [-0.05, 0) is 17.7 Å². The predicted molar refractivity (Wildman–Crippen MR) is 120 cm³/mol. The largest absolute Gasteiger partial charge is 0.497 e. The van der Waals surface area contributed by atoms with E-state index in [-0.39, 0.29) is 41.8 Å². The van der Waals surface area contributed by atoms with Gasteiger partial charge in [0, 0.05) is 39.7 Å². The first-order valence-corrected chi connectivity index (χ1v) is 8.66. The normalized spacial score (nSPS) is 11.4. The quantitative estimate of drug-likeness (QED) is 0.238. The highest BCUT2D eigenvalue weighted by Crippen LogP contribution is 2.25. The van der Waals surface area contributed by atoms with Crippen LogP contribution < -0.4 is 15.4 Å². The van der Waals surface area contributed by atoms with Gasteiger partial charge in [0.1, 0.15) is 12.3 Å². The van der Waals surface area contributed by atoms with Gasteiger partial charge in [0.2, 0.25) is 5.91 Å². The highest BCUT2D eigenvalue weighted by atomic mass is 127. The van der Waals surface area contributed by atoms with Crippen molar-refractivity contribution in [1.82, 2.24) is 15.5 Å². The summed E-state index contributed by atoms with van der Waals surface area (Å²) in [5.41, 5.74) is 1.01. The Morgan fingerprint density at radius 2 is 1.93 bits per heavy atom. The predicted octanol–water partition coefficient (Wildman–Crippen LogP) is 1.86. The second-order valence-corrected chi connectivity index (χ2v) is 6.84. The summed E-state index contributed by atoms with van der Waals surface area (Å²) in [4.78, 5) is 17.7. The molecule has 0 heterocycles. The van der Waals surface area contributed by atoms with Crippen molar-refractivity contribution in [1.29, 1.82) is 0 Å². The van der Waals surface area contributed by atoms with Crippen molar-refractivity contribution in [2.45, 2.75) is 19.3 Å². The number of rotatable bonds is 9. The van der Waals surface area contributed by atoms with Crippen LogP contribution in [0, 0.1) is 0 Å². The van der Waals surface area contributed by atoms with Gasteiger partial charge in [-0.1, -0.05) is 26.0 Å². The summed E-state index contributed by atoms with van der Waals surface area (Å²) in [5, 5.41) is 6.50. The standard InChI is InChI=1S/C19H32N4O3.HI/c1-19(2,15-8-7-9-16(12-15)26-6)14-22-18(20-10-11-25-5)21-13-17(24)23(3)4;/h7-9,12H,10-11,13-14H2,1-6H3,(H2,20,21,22);1H. The number of hydrogen-bond donors (Lipinski definition) is 2. The second-order valence-electron chi connectivity index (χ2n) is 6.84. The fourth-order valence-electron chi connectivity index (χ4n) is 2.18. The number of halogens is 1. The average molecular weight is 492 g/mol. The lowest BCUT2D eigenvalue weighted by Crippen LogP contribution is -2.45. The molecule has 27 heavy (non-hydrogen) atoms. The third kappa shape index (κ3) is 9.28. The number of hydrogen-bond acceptors (Lipinski definition) is 4. The first kappa shape index (κ1) is 25.4. The number of likely N-dealkylation sites (N-methyl/N-ethyl adjacent to an activating group) is 1. The molecule has 1 rings (SSSR count). The van der Waals surface area contributed by atoms with E-state index in [1.807, 2.05) is 18.2 Å². The van der Waals surface area contributed by atoms with E-state index in [2.05, 4.69) is 35.5 Å². The summed E-state index contributed by atoms with van der Waals surface area (Å²) in [6.07, 6.45) is 0. The van der Waals surface area contributed by atoms with E-state index in [1.165, 1.54) is 4.90 Å². The number of nitrogens with one attached hydrogen (secondary N) is 2. The fourth-order valence-corrected chi connectivity index (χ4v) is 2.18. The lowest BCUT2D eigenvalue weighted by molar-refractivity contribution is -0.127. The molecular formula is C19H33IN4O3. The average Bonchev–Trinajstić information content (AvgIpc) is 2.63. The molecule has 0 aliphatic rings. The molecule has 0 aromatic heterocycles. The summed E-state index contributed by atoms with van der Waals surface area (Å²) < 4.78 is 10.4. The molecule has 8 heteroatoms. The van der Waals surface area contributed by atoms with E-state index < -0.39 is 0 Å². The van der Waals surface area contributed by atoms with Crippen LogP contribution in [0.1, 0.15) is 19.4 Å². The van der Waals surface area contributed by atoms with Crippen LogP contribution in [-0.4, -0.2) is 71.3 Å². The van der Waals surface area contributed by atoms with Crippen LogP contribution in [0.5, 0.6) is 5.75 Å². The highest BCUT2D eigenvalue weighted by Gasteiger charge is 2.21. The molecule has 1 amide bonds. The SMILES string of the molecule is COCCNC(=NCC(=O)N(C)C)NCC(C)(C)c1cccc(OC)c1.I. The molecule has 0 unspecified atom stereocenters. The van der Waals surface area contributed by atoms with Crippen molar-refractivity contribution in [3.05, 3.63) is 29.8 Å². The molecule has 0 spiro atoms. The van der Waals surface area contributed by atoms with Crippen molar-refractivity contribution in [3.63, 3.8) is 0 Å². The van der Waals surface area contributed by atoms with Crippen LogP contribution in [0.3, 0.4) is 0 Å². The number of carbonyl (C=O) groups excluding carboxylic acids is 1. The maximum absolute atomic E-state index is 11.8. The number of nitrogens with zero attached hydrogens (tertiary/aromatic N) is 2. The summed E-state index contributed by atoms with van der Waals surface area (Å²) in [5.74, 6) is 1.37. The monoisotopic (exact) mass is 492 g/mol. The van der Waals surface area contributed by atoms with Crippen LogP contribution in [0.25, 0.3) is 0 Å². The molecule has 0 aliphatic heterocycles. The number of methoxy groups -OCH3 is 2. The van der Waals surface area contributed by atoms with Crippen LogP contribution in [0.2, 0.25) is 0 Å². The zero-order valence-electron chi connectivity index (χ0n) is 17.2. The Balaban J connectivity index is 0.00000676. The molecule has 0 fully saturated rings. The minimum atomic E-state index is -0.149. The second kappa shape index (κ2) is 12.8. The minimum Gasteiger partial charge on any atom is -0.497 e. The Morgan fingerprint density at radius 3 is 2.52 bits per heavy atom. The number of guanidine groups is 1. The fraction of sp³-hybridized carbons (Fsp3) is 0.579. The van der Waals surface area contributed by atoms with Crippen molar-refractivity contribution >= 4 is 35.8 Å². The maximum atomic E-state index is 11.8. The zero-order chi connectivity index (χ0) is 19.6. The molecule has 0 radical (unpaired) electrons. The zero-order valence-corrected chi connectivity index (χ0v) is 19.5. The Labute approximate surface area is 179 Å². The molecule has 0 saturated carbocycles. The molecule has 0 aliphatic carbocycles. The molecule has 7 nitrogen and oxygen atoms in total. The number of carbonyl (C=O) groups is 1. The van der Waals surface area contributed by atoms with E-state index in [0.717, 1.165) is 11.3 Å². The summed E-state index contributed by atoms with van der Waals surface area (Å²) >= 11 is 0. The van der Waals surface area contributed by atoms with Crippen LogP contribution >= 0.6 is 24.0 Å². The lowest BCUT2D eigenvalue weighted by atomic mass is 9.84. The van der Waals surface area contributed by atoms with Gasteiger partial charge >= 0.3 is 0 Å². The molecule has 154 valence electrons. The number of ether oxygens (including phenoxy) is 2. The number of benzene rings is 1. The summed E-state index contributed by atoms with van der Waals surface area (Å²) in [7, 11) is 6.74. The van der Waals surface area contributed by atoms with Crippen molar-refractivity contribution < 1.29 is 14.3 Å². The minimum absolute atomic E-state index is 0. The summed E-state index contributed by atoms with van der Waals surface area (Å²) in [6.45, 7) is 6.20. The molecule has 0 saturated heterocycles. The Bertz CT molecular complexity index is 606. The first-order valence-electron chi connectivity index (χ1n) is 8.66. The van der Waals surface area contributed by atoms with Crippen LogP contribution in [0.4, 0.5) is 0 Å². The van der Waals surface area contributed by atoms with Crippen LogP contribution in [-0.2, 0) is 14.9 Å². The summed E-state index contributed by atoms with van der Waals surface area (Å²) in [6, 6.07) is 8.03. The Hall–Kier alpha value is -1.55. The van der Waals surface area contributed by atoms with E-state index >= 15 is 0 Å². The first-order chi connectivity index (χ1) is 12.3. The van der Waals surface area contributed by atoms with Gasteiger partial charge in [0.15, 0.2) is 5.96 Å². The van der Waals surface area contributed by atoms with Crippen LogP contribution in [0.15, 0.2) is 29.3 Å². The van der Waals surface area contributed by atoms with E-state index in [4.69, 9.17) is 9.47 Å². The molecule has 1 aromatic carbocycles. The van der Waals surface area contributed by atoms with Gasteiger partial charge in [0.05, 0.1) is 13.7 Å². The highest BCUT2D eigenvalue weighted by molar-refractivity contribution is 14.0. The molecule has 1 aromatic rings. The molecular weight excluding hydrogens is 459 g/mol. The molecule has 0 atom stereocenters. The number of amides is 1. The Morgan fingerprint density at radius 1 is 1.22 bits per heavy atom. The van der Waals surface area contributed by atoms with E-state index in [0.29, 0.717) is 25.7 Å². The lowest BCUT2D eigenvalue weighted by Gasteiger charge is -2.27. The van der Waals surface area contributed by atoms with Gasteiger partial charge in [-0.3, -0.25) is 4.79 Å². The van der Waals surface area contributed by atoms with Crippen molar-refractivity contribution in [3.8, 4) is 5.75 Å². The van der Waals surface area contributed by atoms with E-state index in [9.17, 15) is 4.79 Å². The molecule has 2 N–H and O–H groups in total. The van der Waals surface area contributed by atoms with Gasteiger partial charge in [-0.2, -0.15) is 0 Å². The third-order valence-electron chi connectivity index (χ3n) is 4.02.